The van der Waals surface area contributed by atoms with Crippen LogP contribution < -0.4 is 0 Å². The van der Waals surface area contributed by atoms with Crippen molar-refractivity contribution in [2.24, 2.45) is 0 Å². The normalized spacial score (nSPS) is 27.1. The summed E-state index contributed by atoms with van der Waals surface area (Å²) >= 11 is 4.58. The molecule has 0 radical (unpaired) electrons. The fraction of sp³-hybridized carbons (Fsp3) is 0.667. The lowest BCUT2D eigenvalue weighted by Gasteiger charge is -2.12. The van der Waals surface area contributed by atoms with Gasteiger partial charge in [0.15, 0.2) is 0 Å². The van der Waals surface area contributed by atoms with Crippen LogP contribution in [0.1, 0.15) is 19.8 Å². The quantitative estimate of drug-likeness (QED) is 0.692. The van der Waals surface area contributed by atoms with Gasteiger partial charge in [-0.15, -0.1) is 0 Å². The maximum absolute atomic E-state index is 5.78. The molecule has 5 heteroatoms. The smallest absolute Gasteiger partial charge is 0.132 e. The van der Waals surface area contributed by atoms with E-state index >= 15 is 0 Å². The average molecular weight is 418 g/mol. The molecular formula is C9H12I2N2O. The van der Waals surface area contributed by atoms with Gasteiger partial charge in [-0.2, -0.15) is 0 Å². The lowest BCUT2D eigenvalue weighted by Crippen LogP contribution is -2.16. The second-order valence-electron chi connectivity index (χ2n) is 3.62. The molecule has 3 nitrogen and oxygen atoms in total. The molecule has 78 valence electrons. The van der Waals surface area contributed by atoms with E-state index in [-0.39, 0.29) is 0 Å². The summed E-state index contributed by atoms with van der Waals surface area (Å²) in [6, 6.07) is 0. The molecule has 1 aromatic rings. The van der Waals surface area contributed by atoms with Crippen molar-refractivity contribution in [1.82, 2.24) is 9.55 Å². The molecule has 14 heavy (non-hydrogen) atoms. The van der Waals surface area contributed by atoms with Crippen LogP contribution >= 0.6 is 45.2 Å². The Kier molecular flexibility index (Phi) is 3.69. The van der Waals surface area contributed by atoms with E-state index in [0.29, 0.717) is 12.2 Å². The van der Waals surface area contributed by atoms with E-state index < -0.39 is 0 Å². The molecule has 1 aromatic heterocycles. The highest BCUT2D eigenvalue weighted by Gasteiger charge is 2.22. The van der Waals surface area contributed by atoms with E-state index in [9.17, 15) is 0 Å². The van der Waals surface area contributed by atoms with Crippen LogP contribution in [0, 0.1) is 7.40 Å². The van der Waals surface area contributed by atoms with Gasteiger partial charge in [-0.1, -0.05) is 0 Å². The number of aromatic nitrogens is 2. The molecule has 2 unspecified atom stereocenters. The summed E-state index contributed by atoms with van der Waals surface area (Å²) in [6.07, 6.45) is 5.07. The van der Waals surface area contributed by atoms with Crippen LogP contribution in [0.5, 0.6) is 0 Å². The van der Waals surface area contributed by atoms with Crippen molar-refractivity contribution in [2.45, 2.75) is 38.5 Å². The predicted octanol–water partition coefficient (Wildman–Crippen LogP) is 2.66. The predicted molar refractivity (Wildman–Crippen MR) is 71.2 cm³/mol. The molecule has 0 aromatic carbocycles. The molecule has 0 saturated carbocycles. The van der Waals surface area contributed by atoms with Crippen LogP contribution in [0.25, 0.3) is 0 Å². The van der Waals surface area contributed by atoms with Crippen LogP contribution in [0.15, 0.2) is 6.33 Å². The molecule has 2 rings (SSSR count). The summed E-state index contributed by atoms with van der Waals surface area (Å²) in [6.45, 7) is 3.08. The zero-order valence-corrected chi connectivity index (χ0v) is 12.2. The van der Waals surface area contributed by atoms with Gasteiger partial charge in [-0.05, 0) is 64.9 Å². The first kappa shape index (κ1) is 11.1. The molecule has 1 saturated heterocycles. The molecule has 0 bridgehead atoms. The summed E-state index contributed by atoms with van der Waals surface area (Å²) in [5.41, 5.74) is 0. The van der Waals surface area contributed by atoms with Crippen molar-refractivity contribution in [3.8, 4) is 0 Å². The van der Waals surface area contributed by atoms with Gasteiger partial charge in [0.2, 0.25) is 0 Å². The number of ether oxygens (including phenoxy) is 1. The molecular weight excluding hydrogens is 406 g/mol. The molecule has 1 aliphatic heterocycles. The van der Waals surface area contributed by atoms with Gasteiger partial charge >= 0.3 is 0 Å². The molecule has 2 atom stereocenters. The van der Waals surface area contributed by atoms with Crippen LogP contribution in [-0.4, -0.2) is 21.8 Å². The minimum atomic E-state index is 0.378. The molecule has 0 N–H and O–H groups in total. The third-order valence-electron chi connectivity index (χ3n) is 2.45. The topological polar surface area (TPSA) is 27.1 Å². The molecule has 1 fully saturated rings. The fourth-order valence-electron chi connectivity index (χ4n) is 1.71. The van der Waals surface area contributed by atoms with Crippen LogP contribution in [0.4, 0.5) is 0 Å². The third-order valence-corrected chi connectivity index (χ3v) is 5.41. The van der Waals surface area contributed by atoms with E-state index in [0.717, 1.165) is 10.2 Å². The number of halogens is 2. The Labute approximate surface area is 111 Å². The fourth-order valence-corrected chi connectivity index (χ4v) is 2.60. The summed E-state index contributed by atoms with van der Waals surface area (Å²) in [7, 11) is 0. The number of hydrogen-bond acceptors (Lipinski definition) is 2. The lowest BCUT2D eigenvalue weighted by molar-refractivity contribution is 0.0454. The highest BCUT2D eigenvalue weighted by Crippen LogP contribution is 2.22. The first-order chi connectivity index (χ1) is 6.66. The van der Waals surface area contributed by atoms with E-state index in [1.807, 2.05) is 6.33 Å². The van der Waals surface area contributed by atoms with Gasteiger partial charge in [0.1, 0.15) is 7.40 Å². The van der Waals surface area contributed by atoms with Gasteiger partial charge in [-0.3, -0.25) is 0 Å². The summed E-state index contributed by atoms with van der Waals surface area (Å²) < 4.78 is 10.2. The number of nitrogens with zero attached hydrogens (tertiary/aromatic N) is 2. The SMILES string of the molecule is CC1CCC(Cn2cnc(I)c2I)O1. The zero-order valence-electron chi connectivity index (χ0n) is 7.91. The van der Waals surface area contributed by atoms with E-state index in [1.54, 1.807) is 0 Å². The molecule has 0 amide bonds. The van der Waals surface area contributed by atoms with Gasteiger partial charge in [0.25, 0.3) is 0 Å². The second-order valence-corrected chi connectivity index (χ2v) is 5.67. The molecule has 1 aliphatic rings. The number of rotatable bonds is 2. The van der Waals surface area contributed by atoms with Gasteiger partial charge in [0.05, 0.1) is 25.1 Å². The van der Waals surface area contributed by atoms with Crippen molar-refractivity contribution in [1.29, 1.82) is 0 Å². The van der Waals surface area contributed by atoms with Gasteiger partial charge in [0, 0.05) is 0 Å². The Balaban J connectivity index is 2.01. The molecule has 2 heterocycles. The standard InChI is InChI=1S/C9H12I2N2O/c1-6-2-3-7(14-6)4-13-5-12-8(10)9(13)11/h5-7H,2-4H2,1H3. The Morgan fingerprint density at radius 3 is 2.86 bits per heavy atom. The van der Waals surface area contributed by atoms with Crippen LogP contribution in [0.2, 0.25) is 0 Å². The maximum Gasteiger partial charge on any atom is 0.132 e. The van der Waals surface area contributed by atoms with Crippen molar-refractivity contribution >= 4 is 45.2 Å². The first-order valence-corrected chi connectivity index (χ1v) is 6.84. The van der Waals surface area contributed by atoms with Crippen molar-refractivity contribution in [2.75, 3.05) is 0 Å². The Morgan fingerprint density at radius 1 is 1.57 bits per heavy atom. The third kappa shape index (κ3) is 2.41. The maximum atomic E-state index is 5.78. The van der Waals surface area contributed by atoms with Crippen LogP contribution in [-0.2, 0) is 11.3 Å². The minimum absolute atomic E-state index is 0.378. The van der Waals surface area contributed by atoms with E-state index in [2.05, 4.69) is 61.7 Å². The van der Waals surface area contributed by atoms with Crippen molar-refractivity contribution in [3.63, 3.8) is 0 Å². The molecule has 0 aliphatic carbocycles. The van der Waals surface area contributed by atoms with E-state index in [1.165, 1.54) is 16.5 Å². The van der Waals surface area contributed by atoms with Gasteiger partial charge in [-0.25, -0.2) is 4.98 Å². The summed E-state index contributed by atoms with van der Waals surface area (Å²) in [5, 5.41) is 0. The minimum Gasteiger partial charge on any atom is -0.373 e. The van der Waals surface area contributed by atoms with Crippen molar-refractivity contribution < 1.29 is 4.74 Å². The summed E-state index contributed by atoms with van der Waals surface area (Å²) in [5.74, 6) is 0. The Morgan fingerprint density at radius 2 is 2.36 bits per heavy atom. The van der Waals surface area contributed by atoms with Gasteiger partial charge < -0.3 is 9.30 Å². The first-order valence-electron chi connectivity index (χ1n) is 4.68. The highest BCUT2D eigenvalue weighted by atomic mass is 127. The summed E-state index contributed by atoms with van der Waals surface area (Å²) in [4.78, 5) is 4.26. The number of hydrogen-bond donors (Lipinski definition) is 0. The monoisotopic (exact) mass is 418 g/mol. The largest absolute Gasteiger partial charge is 0.373 e. The van der Waals surface area contributed by atoms with Crippen LogP contribution in [0.3, 0.4) is 0 Å². The Hall–Kier alpha value is 0.630. The van der Waals surface area contributed by atoms with Crippen molar-refractivity contribution in [3.05, 3.63) is 13.7 Å². The second kappa shape index (κ2) is 4.65. The van der Waals surface area contributed by atoms with E-state index in [4.69, 9.17) is 4.74 Å². The Bertz CT molecular complexity index is 327. The highest BCUT2D eigenvalue weighted by molar-refractivity contribution is 14.1. The molecule has 0 spiro atoms. The lowest BCUT2D eigenvalue weighted by atomic mass is 10.2. The zero-order chi connectivity index (χ0) is 10.1. The number of imidazole rings is 1. The average Bonchev–Trinajstić information content (AvgIpc) is 2.67.